The molecule has 0 spiro atoms. The lowest BCUT2D eigenvalue weighted by molar-refractivity contribution is 0.113. The predicted octanol–water partition coefficient (Wildman–Crippen LogP) is 3.70. The third-order valence-corrected chi connectivity index (χ3v) is 4.76. The van der Waals surface area contributed by atoms with Crippen LogP contribution in [0.4, 0.5) is 0 Å². The van der Waals surface area contributed by atoms with Crippen molar-refractivity contribution in [3.8, 4) is 0 Å². The topological polar surface area (TPSA) is 15.3 Å². The van der Waals surface area contributed by atoms with E-state index in [1.54, 1.807) is 0 Å². The Bertz CT molecular complexity index is 392. The summed E-state index contributed by atoms with van der Waals surface area (Å²) in [4.78, 5) is 2.35. The highest BCUT2D eigenvalue weighted by Gasteiger charge is 2.34. The second kappa shape index (κ2) is 7.41. The van der Waals surface area contributed by atoms with Crippen LogP contribution in [-0.2, 0) is 6.42 Å². The molecule has 3 heteroatoms. The summed E-state index contributed by atoms with van der Waals surface area (Å²) in [7, 11) is 4.35. The zero-order valence-electron chi connectivity index (χ0n) is 12.8. The normalized spacial score (nSPS) is 16.4. The Balaban J connectivity index is 2.94. The van der Waals surface area contributed by atoms with E-state index in [9.17, 15) is 0 Å². The molecule has 1 rings (SSSR count). The second-order valence-electron chi connectivity index (χ2n) is 5.55. The first-order valence-electron chi connectivity index (χ1n) is 7.09. The number of likely N-dealkylation sites (N-methyl/N-ethyl adjacent to an activating group) is 2. The van der Waals surface area contributed by atoms with E-state index in [0.29, 0.717) is 6.04 Å². The van der Waals surface area contributed by atoms with Crippen molar-refractivity contribution in [1.29, 1.82) is 0 Å². The van der Waals surface area contributed by atoms with Crippen LogP contribution in [0.15, 0.2) is 28.7 Å². The summed E-state index contributed by atoms with van der Waals surface area (Å²) >= 11 is 3.56. The van der Waals surface area contributed by atoms with Gasteiger partial charge in [-0.2, -0.15) is 0 Å². The first-order valence-corrected chi connectivity index (χ1v) is 7.88. The fraction of sp³-hybridized carbons (Fsp3) is 0.625. The number of benzene rings is 1. The van der Waals surface area contributed by atoms with Gasteiger partial charge in [0, 0.05) is 16.1 Å². The van der Waals surface area contributed by atoms with Gasteiger partial charge in [-0.15, -0.1) is 0 Å². The van der Waals surface area contributed by atoms with E-state index in [-0.39, 0.29) is 5.54 Å². The maximum atomic E-state index is 3.67. The monoisotopic (exact) mass is 326 g/mol. The number of nitrogens with zero attached hydrogens (tertiary/aromatic N) is 1. The van der Waals surface area contributed by atoms with Crippen LogP contribution in [0.2, 0.25) is 0 Å². The summed E-state index contributed by atoms with van der Waals surface area (Å²) < 4.78 is 1.16. The molecular formula is C16H27BrN2. The molecule has 108 valence electrons. The molecule has 0 radical (unpaired) electrons. The smallest absolute Gasteiger partial charge is 0.0328 e. The summed E-state index contributed by atoms with van der Waals surface area (Å²) in [6.07, 6.45) is 2.18. The van der Waals surface area contributed by atoms with E-state index >= 15 is 0 Å². The van der Waals surface area contributed by atoms with Crippen LogP contribution in [0.1, 0.15) is 32.8 Å². The van der Waals surface area contributed by atoms with Gasteiger partial charge in [0.2, 0.25) is 0 Å². The summed E-state index contributed by atoms with van der Waals surface area (Å²) in [5.74, 6) is 0. The molecule has 1 aromatic carbocycles. The van der Waals surface area contributed by atoms with Gasteiger partial charge < -0.3 is 10.2 Å². The molecular weight excluding hydrogens is 300 g/mol. The number of nitrogens with one attached hydrogen (secondary N) is 1. The van der Waals surface area contributed by atoms with Gasteiger partial charge in [-0.1, -0.05) is 41.9 Å². The molecule has 0 amide bonds. The molecule has 0 bridgehead atoms. The zero-order valence-corrected chi connectivity index (χ0v) is 14.4. The van der Waals surface area contributed by atoms with Gasteiger partial charge >= 0.3 is 0 Å². The SMILES string of the molecule is CCNC(Cc1cccc(Br)c1)C(C)(CC)N(C)C. The molecule has 1 N–H and O–H groups in total. The van der Waals surface area contributed by atoms with Crippen LogP contribution in [0, 0.1) is 0 Å². The Morgan fingerprint density at radius 3 is 2.47 bits per heavy atom. The third-order valence-electron chi connectivity index (χ3n) is 4.27. The molecule has 0 aliphatic carbocycles. The zero-order chi connectivity index (χ0) is 14.5. The first kappa shape index (κ1) is 16.7. The van der Waals surface area contributed by atoms with E-state index < -0.39 is 0 Å². The third kappa shape index (κ3) is 4.30. The second-order valence-corrected chi connectivity index (χ2v) is 6.47. The summed E-state index contributed by atoms with van der Waals surface area (Å²) in [5.41, 5.74) is 1.54. The van der Waals surface area contributed by atoms with Crippen LogP contribution < -0.4 is 5.32 Å². The van der Waals surface area contributed by atoms with Crippen LogP contribution in [0.25, 0.3) is 0 Å². The van der Waals surface area contributed by atoms with Crippen LogP contribution in [-0.4, -0.2) is 37.1 Å². The number of hydrogen-bond donors (Lipinski definition) is 1. The largest absolute Gasteiger partial charge is 0.312 e. The lowest BCUT2D eigenvalue weighted by atomic mass is 9.84. The maximum Gasteiger partial charge on any atom is 0.0328 e. The van der Waals surface area contributed by atoms with Crippen molar-refractivity contribution in [3.05, 3.63) is 34.3 Å². The minimum Gasteiger partial charge on any atom is -0.312 e. The van der Waals surface area contributed by atoms with E-state index in [2.05, 4.69) is 85.3 Å². The molecule has 1 aromatic rings. The maximum absolute atomic E-state index is 3.67. The lowest BCUT2D eigenvalue weighted by Gasteiger charge is -2.43. The van der Waals surface area contributed by atoms with E-state index in [0.717, 1.165) is 23.9 Å². The Morgan fingerprint density at radius 2 is 2.00 bits per heavy atom. The Hall–Kier alpha value is -0.380. The van der Waals surface area contributed by atoms with Gasteiger partial charge in [0.05, 0.1) is 0 Å². The van der Waals surface area contributed by atoms with Crippen molar-refractivity contribution >= 4 is 15.9 Å². The van der Waals surface area contributed by atoms with Gasteiger partial charge in [0.1, 0.15) is 0 Å². The molecule has 0 aliphatic heterocycles. The fourth-order valence-electron chi connectivity index (χ4n) is 2.53. The molecule has 2 unspecified atom stereocenters. The standard InChI is InChI=1S/C16H27BrN2/c1-6-16(3,19(4)5)15(18-7-2)12-13-9-8-10-14(17)11-13/h8-11,15,18H,6-7,12H2,1-5H3. The van der Waals surface area contributed by atoms with Gasteiger partial charge in [0.15, 0.2) is 0 Å². The minimum absolute atomic E-state index is 0.165. The van der Waals surface area contributed by atoms with Crippen molar-refractivity contribution in [3.63, 3.8) is 0 Å². The van der Waals surface area contributed by atoms with Crippen molar-refractivity contribution in [2.24, 2.45) is 0 Å². The summed E-state index contributed by atoms with van der Waals surface area (Å²) in [6.45, 7) is 7.80. The Morgan fingerprint density at radius 1 is 1.32 bits per heavy atom. The van der Waals surface area contributed by atoms with E-state index in [1.807, 2.05) is 0 Å². The van der Waals surface area contributed by atoms with E-state index in [4.69, 9.17) is 0 Å². The molecule has 0 saturated carbocycles. The average molecular weight is 327 g/mol. The Labute approximate surface area is 126 Å². The van der Waals surface area contributed by atoms with Crippen molar-refractivity contribution in [2.45, 2.75) is 45.2 Å². The van der Waals surface area contributed by atoms with Crippen LogP contribution in [0.5, 0.6) is 0 Å². The quantitative estimate of drug-likeness (QED) is 0.821. The molecule has 0 saturated heterocycles. The molecule has 0 heterocycles. The minimum atomic E-state index is 0.165. The number of rotatable bonds is 7. The molecule has 0 aliphatic rings. The van der Waals surface area contributed by atoms with E-state index in [1.165, 1.54) is 5.56 Å². The van der Waals surface area contributed by atoms with Gasteiger partial charge in [-0.05, 0) is 58.1 Å². The molecule has 0 fully saturated rings. The summed E-state index contributed by atoms with van der Waals surface area (Å²) in [5, 5.41) is 3.67. The highest BCUT2D eigenvalue weighted by Crippen LogP contribution is 2.24. The van der Waals surface area contributed by atoms with Crippen molar-refractivity contribution in [2.75, 3.05) is 20.6 Å². The van der Waals surface area contributed by atoms with Crippen LogP contribution in [0.3, 0.4) is 0 Å². The number of hydrogen-bond acceptors (Lipinski definition) is 2. The highest BCUT2D eigenvalue weighted by atomic mass is 79.9. The molecule has 0 aromatic heterocycles. The lowest BCUT2D eigenvalue weighted by Crippen LogP contribution is -2.57. The fourth-order valence-corrected chi connectivity index (χ4v) is 2.98. The average Bonchev–Trinajstić information content (AvgIpc) is 2.37. The van der Waals surface area contributed by atoms with Gasteiger partial charge in [0.25, 0.3) is 0 Å². The number of halogens is 1. The molecule has 19 heavy (non-hydrogen) atoms. The van der Waals surface area contributed by atoms with Gasteiger partial charge in [-0.3, -0.25) is 0 Å². The van der Waals surface area contributed by atoms with Gasteiger partial charge in [-0.25, -0.2) is 0 Å². The Kier molecular flexibility index (Phi) is 6.51. The van der Waals surface area contributed by atoms with Crippen molar-refractivity contribution < 1.29 is 0 Å². The molecule has 2 atom stereocenters. The van der Waals surface area contributed by atoms with Crippen LogP contribution >= 0.6 is 15.9 Å². The summed E-state index contributed by atoms with van der Waals surface area (Å²) in [6, 6.07) is 9.07. The van der Waals surface area contributed by atoms with Crippen molar-refractivity contribution in [1.82, 2.24) is 10.2 Å². The first-order chi connectivity index (χ1) is 8.93. The predicted molar refractivity (Wildman–Crippen MR) is 87.7 cm³/mol. The highest BCUT2D eigenvalue weighted by molar-refractivity contribution is 9.10. The molecule has 2 nitrogen and oxygen atoms in total.